The van der Waals surface area contributed by atoms with Gasteiger partial charge in [-0.05, 0) is 30.5 Å². The van der Waals surface area contributed by atoms with Crippen LogP contribution < -0.4 is 27.8 Å². The zero-order valence-electron chi connectivity index (χ0n) is 19.7. The number of amides is 2. The van der Waals surface area contributed by atoms with Gasteiger partial charge in [-0.25, -0.2) is 4.79 Å². The number of carbonyl (C=O) groups excluding carboxylic acids is 2. The van der Waals surface area contributed by atoms with E-state index in [1.165, 1.54) is 6.20 Å². The van der Waals surface area contributed by atoms with Gasteiger partial charge in [-0.2, -0.15) is 0 Å². The lowest BCUT2D eigenvalue weighted by atomic mass is 10.0. The van der Waals surface area contributed by atoms with E-state index in [-0.39, 0.29) is 12.4 Å². The van der Waals surface area contributed by atoms with E-state index in [0.29, 0.717) is 24.9 Å². The van der Waals surface area contributed by atoms with E-state index in [0.717, 1.165) is 16.5 Å². The standard InChI is InChI=1S/C15H23N5O3.C10H8N2O/c16-11(7-4-8-19-15(17)18)13(21)20-12(14(22)23)9-10-5-2-1-3-6-10;11-10(13)8-5-7-3-1-2-4-9(7)12-6-8/h1-3,5-6,11-12H,4,7-9,16H2,(H,20,21)(H,22,23)(H4,17,18,19);1-6H,(H2,11,13)/t11-,12-;/m1./s1. The van der Waals surface area contributed by atoms with E-state index in [4.69, 9.17) is 22.6 Å². The maximum Gasteiger partial charge on any atom is 0.326 e. The number of carboxylic acids is 1. The number of fused-ring (bicyclic) bond motifs is 1. The van der Waals surface area contributed by atoms with Crippen molar-refractivity contribution in [3.8, 4) is 0 Å². The average Bonchev–Trinajstić information content (AvgIpc) is 2.86. The smallest absolute Gasteiger partial charge is 0.326 e. The van der Waals surface area contributed by atoms with Gasteiger partial charge in [-0.1, -0.05) is 48.5 Å². The van der Waals surface area contributed by atoms with Crippen LogP contribution in [0.25, 0.3) is 10.9 Å². The van der Waals surface area contributed by atoms with Gasteiger partial charge in [0.1, 0.15) is 6.04 Å². The molecule has 11 nitrogen and oxygen atoms in total. The van der Waals surface area contributed by atoms with E-state index in [1.807, 2.05) is 42.5 Å². The monoisotopic (exact) mass is 493 g/mol. The summed E-state index contributed by atoms with van der Waals surface area (Å²) in [7, 11) is 0. The third kappa shape index (κ3) is 9.39. The molecule has 1 aromatic heterocycles. The predicted octanol–water partition coefficient (Wildman–Crippen LogP) is 0.723. The number of primary amides is 1. The zero-order chi connectivity index (χ0) is 26.5. The van der Waals surface area contributed by atoms with Crippen LogP contribution in [0.4, 0.5) is 0 Å². The van der Waals surface area contributed by atoms with Crippen LogP contribution in [0.3, 0.4) is 0 Å². The van der Waals surface area contributed by atoms with Gasteiger partial charge in [-0.3, -0.25) is 20.0 Å². The van der Waals surface area contributed by atoms with E-state index < -0.39 is 29.9 Å². The second kappa shape index (κ2) is 14.0. The molecule has 0 unspecified atom stereocenters. The fourth-order valence-electron chi connectivity index (χ4n) is 3.21. The quantitative estimate of drug-likeness (QED) is 0.121. The Morgan fingerprint density at radius 1 is 1.03 bits per heavy atom. The topological polar surface area (TPSA) is 210 Å². The van der Waals surface area contributed by atoms with Gasteiger partial charge in [0, 0.05) is 24.5 Å². The molecule has 0 fully saturated rings. The molecule has 1 heterocycles. The van der Waals surface area contributed by atoms with Crippen molar-refractivity contribution < 1.29 is 19.5 Å². The molecule has 2 atom stereocenters. The normalized spacial score (nSPS) is 11.9. The van der Waals surface area contributed by atoms with E-state index in [2.05, 4.69) is 15.6 Å². The molecule has 2 amide bonds. The van der Waals surface area contributed by atoms with Gasteiger partial charge in [0.2, 0.25) is 11.8 Å². The minimum Gasteiger partial charge on any atom is -0.480 e. The second-order valence-electron chi connectivity index (χ2n) is 7.96. The molecule has 3 aromatic rings. The molecule has 2 aromatic carbocycles. The number of carboxylic acid groups (broad SMARTS) is 1. The highest BCUT2D eigenvalue weighted by Gasteiger charge is 2.23. The molecule has 36 heavy (non-hydrogen) atoms. The Morgan fingerprint density at radius 2 is 1.69 bits per heavy atom. The summed E-state index contributed by atoms with van der Waals surface area (Å²) < 4.78 is 0. The lowest BCUT2D eigenvalue weighted by molar-refractivity contribution is -0.142. The van der Waals surface area contributed by atoms with Gasteiger partial charge in [0.15, 0.2) is 5.96 Å². The fourth-order valence-corrected chi connectivity index (χ4v) is 3.21. The Hall–Kier alpha value is -4.51. The number of hydrogen-bond donors (Lipinski definition) is 7. The average molecular weight is 494 g/mol. The number of rotatable bonds is 10. The van der Waals surface area contributed by atoms with Crippen molar-refractivity contribution in [3.05, 3.63) is 78.0 Å². The first-order valence-corrected chi connectivity index (χ1v) is 11.2. The molecule has 11 heteroatoms. The lowest BCUT2D eigenvalue weighted by Gasteiger charge is -2.18. The summed E-state index contributed by atoms with van der Waals surface area (Å²) in [5.41, 5.74) is 18.2. The number of benzene rings is 2. The lowest BCUT2D eigenvalue weighted by Crippen LogP contribution is -2.49. The van der Waals surface area contributed by atoms with Gasteiger partial charge in [0.25, 0.3) is 0 Å². The van der Waals surface area contributed by atoms with Crippen LogP contribution in [0, 0.1) is 5.41 Å². The Labute approximate surface area is 208 Å². The summed E-state index contributed by atoms with van der Waals surface area (Å²) in [5.74, 6) is -2.20. The number of carbonyl (C=O) groups is 3. The SMILES string of the molecule is N=C(N)NCCC[C@@H](N)C(=O)N[C@H](Cc1ccccc1)C(=O)O.NC(=O)c1cnc2ccccc2c1. The molecular weight excluding hydrogens is 462 g/mol. The molecule has 0 saturated heterocycles. The minimum absolute atomic E-state index is 0.142. The van der Waals surface area contributed by atoms with Crippen LogP contribution in [0.15, 0.2) is 66.9 Å². The fraction of sp³-hybridized carbons (Fsp3) is 0.240. The van der Waals surface area contributed by atoms with Crippen molar-refractivity contribution in [3.63, 3.8) is 0 Å². The van der Waals surface area contributed by atoms with Gasteiger partial charge in [0.05, 0.1) is 17.1 Å². The first-order valence-electron chi connectivity index (χ1n) is 11.2. The molecule has 190 valence electrons. The minimum atomic E-state index is -1.10. The molecule has 0 aliphatic carbocycles. The van der Waals surface area contributed by atoms with Gasteiger partial charge < -0.3 is 32.9 Å². The summed E-state index contributed by atoms with van der Waals surface area (Å²) >= 11 is 0. The molecule has 0 radical (unpaired) electrons. The van der Waals surface area contributed by atoms with Crippen molar-refractivity contribution >= 4 is 34.6 Å². The van der Waals surface area contributed by atoms with Crippen LogP contribution in [-0.2, 0) is 16.0 Å². The number of guanidine groups is 1. The number of para-hydroxylation sites is 1. The Balaban J connectivity index is 0.000000293. The van der Waals surface area contributed by atoms with Crippen molar-refractivity contribution in [1.82, 2.24) is 15.6 Å². The van der Waals surface area contributed by atoms with E-state index in [1.54, 1.807) is 18.2 Å². The molecule has 0 spiro atoms. The molecule has 0 saturated carbocycles. The largest absolute Gasteiger partial charge is 0.480 e. The number of pyridine rings is 1. The van der Waals surface area contributed by atoms with Crippen LogP contribution >= 0.6 is 0 Å². The first-order chi connectivity index (χ1) is 17.2. The molecule has 0 aliphatic heterocycles. The summed E-state index contributed by atoms with van der Waals surface area (Å²) in [6, 6.07) is 16.6. The van der Waals surface area contributed by atoms with E-state index in [9.17, 15) is 19.5 Å². The zero-order valence-corrected chi connectivity index (χ0v) is 19.7. The second-order valence-corrected chi connectivity index (χ2v) is 7.96. The van der Waals surface area contributed by atoms with Crippen LogP contribution in [-0.4, -0.2) is 52.5 Å². The number of aromatic nitrogens is 1. The maximum atomic E-state index is 12.0. The van der Waals surface area contributed by atoms with Crippen molar-refractivity contribution in [2.45, 2.75) is 31.3 Å². The molecule has 10 N–H and O–H groups in total. The Morgan fingerprint density at radius 3 is 2.33 bits per heavy atom. The summed E-state index contributed by atoms with van der Waals surface area (Å²) in [5, 5.41) is 22.2. The highest BCUT2D eigenvalue weighted by Crippen LogP contribution is 2.12. The molecular formula is C25H31N7O4. The molecule has 0 aliphatic rings. The predicted molar refractivity (Wildman–Crippen MR) is 137 cm³/mol. The Kier molecular flexibility index (Phi) is 10.8. The summed E-state index contributed by atoms with van der Waals surface area (Å²) in [6.07, 6.45) is 2.60. The van der Waals surface area contributed by atoms with Gasteiger partial charge >= 0.3 is 5.97 Å². The third-order valence-electron chi connectivity index (χ3n) is 5.12. The van der Waals surface area contributed by atoms with Crippen molar-refractivity contribution in [2.75, 3.05) is 6.54 Å². The number of hydrogen-bond acceptors (Lipinski definition) is 6. The third-order valence-corrected chi connectivity index (χ3v) is 5.12. The van der Waals surface area contributed by atoms with Crippen molar-refractivity contribution in [1.29, 1.82) is 5.41 Å². The van der Waals surface area contributed by atoms with Gasteiger partial charge in [-0.15, -0.1) is 0 Å². The highest BCUT2D eigenvalue weighted by atomic mass is 16.4. The Bertz CT molecular complexity index is 1190. The van der Waals surface area contributed by atoms with E-state index >= 15 is 0 Å². The maximum absolute atomic E-state index is 12.0. The highest BCUT2D eigenvalue weighted by molar-refractivity contribution is 5.96. The van der Waals surface area contributed by atoms with Crippen LogP contribution in [0.1, 0.15) is 28.8 Å². The number of aliphatic carboxylic acids is 1. The molecule has 3 rings (SSSR count). The number of nitrogens with two attached hydrogens (primary N) is 3. The van der Waals surface area contributed by atoms with Crippen LogP contribution in [0.2, 0.25) is 0 Å². The summed E-state index contributed by atoms with van der Waals surface area (Å²) in [6.45, 7) is 0.433. The molecule has 0 bridgehead atoms. The van der Waals surface area contributed by atoms with Crippen LogP contribution in [0.5, 0.6) is 0 Å². The summed E-state index contributed by atoms with van der Waals surface area (Å²) in [4.78, 5) is 38.2. The number of nitrogens with zero attached hydrogens (tertiary/aromatic N) is 1. The number of nitrogens with one attached hydrogen (secondary N) is 3. The van der Waals surface area contributed by atoms with Crippen molar-refractivity contribution in [2.24, 2.45) is 17.2 Å². The first kappa shape index (κ1) is 27.7.